The van der Waals surface area contributed by atoms with E-state index in [1.165, 1.54) is 11.1 Å². The zero-order valence-electron chi connectivity index (χ0n) is 12.0. The molecule has 0 aliphatic heterocycles. The molecule has 0 saturated heterocycles. The lowest BCUT2D eigenvalue weighted by Gasteiger charge is -2.30. The molecule has 0 heterocycles. The van der Waals surface area contributed by atoms with E-state index in [1.54, 1.807) is 0 Å². The van der Waals surface area contributed by atoms with Crippen molar-refractivity contribution in [1.82, 2.24) is 0 Å². The topological polar surface area (TPSA) is 17.1 Å². The van der Waals surface area contributed by atoms with Gasteiger partial charge in [-0.2, -0.15) is 0 Å². The van der Waals surface area contributed by atoms with E-state index in [2.05, 4.69) is 51.1 Å². The van der Waals surface area contributed by atoms with Crippen LogP contribution in [0.15, 0.2) is 36.4 Å². The van der Waals surface area contributed by atoms with Gasteiger partial charge in [-0.3, -0.25) is 4.79 Å². The van der Waals surface area contributed by atoms with Crippen LogP contribution in [0.1, 0.15) is 39.2 Å². The third-order valence-electron chi connectivity index (χ3n) is 4.87. The first-order valence-corrected chi connectivity index (χ1v) is 7.27. The lowest BCUT2D eigenvalue weighted by molar-refractivity contribution is -0.123. The zero-order valence-corrected chi connectivity index (χ0v) is 12.0. The Hall–Kier alpha value is -1.37. The molecule has 1 aromatic rings. The summed E-state index contributed by atoms with van der Waals surface area (Å²) >= 11 is 0. The summed E-state index contributed by atoms with van der Waals surface area (Å²) in [6.45, 7) is 6.81. The molecule has 2 bridgehead atoms. The summed E-state index contributed by atoms with van der Waals surface area (Å²) < 4.78 is 0. The summed E-state index contributed by atoms with van der Waals surface area (Å²) in [5, 5.41) is 0. The first-order chi connectivity index (χ1) is 8.98. The average molecular weight is 254 g/mol. The quantitative estimate of drug-likeness (QED) is 0.728. The number of fused-ring (bicyclic) bond motifs is 2. The zero-order chi connectivity index (χ0) is 13.6. The molecule has 0 aromatic heterocycles. The molecule has 0 spiro atoms. The van der Waals surface area contributed by atoms with E-state index in [-0.39, 0.29) is 17.3 Å². The van der Waals surface area contributed by atoms with Crippen LogP contribution in [0.2, 0.25) is 0 Å². The Bertz CT molecular complexity index is 518. The number of hydrogen-bond acceptors (Lipinski definition) is 1. The Morgan fingerprint density at radius 3 is 2.42 bits per heavy atom. The highest BCUT2D eigenvalue weighted by Crippen LogP contribution is 2.52. The molecule has 2 aliphatic rings. The van der Waals surface area contributed by atoms with E-state index in [4.69, 9.17) is 0 Å². The van der Waals surface area contributed by atoms with Crippen LogP contribution in [0.4, 0.5) is 0 Å². The normalized spacial score (nSPS) is 30.4. The van der Waals surface area contributed by atoms with Gasteiger partial charge in [0.2, 0.25) is 0 Å². The van der Waals surface area contributed by atoms with Crippen molar-refractivity contribution in [3.63, 3.8) is 0 Å². The summed E-state index contributed by atoms with van der Waals surface area (Å²) in [6.07, 6.45) is 4.28. The third kappa shape index (κ3) is 2.05. The van der Waals surface area contributed by atoms with Crippen LogP contribution in [0, 0.1) is 23.2 Å². The Morgan fingerprint density at radius 1 is 1.11 bits per heavy atom. The summed E-state index contributed by atoms with van der Waals surface area (Å²) in [7, 11) is 0. The standard InChI is InChI=1S/C18H22O/c1-18(2,3)16-11-15-13(9-10-14(16)17(15)19)12-7-5-4-6-8-12/h4-9,14-16H,10-11H2,1-3H3/t14-,15-,16-/m1/s1. The van der Waals surface area contributed by atoms with Gasteiger partial charge in [0.25, 0.3) is 0 Å². The lowest BCUT2D eigenvalue weighted by atomic mass is 9.74. The van der Waals surface area contributed by atoms with Crippen molar-refractivity contribution >= 4 is 11.4 Å². The van der Waals surface area contributed by atoms with Gasteiger partial charge in [-0.15, -0.1) is 0 Å². The maximum atomic E-state index is 12.6. The first-order valence-electron chi connectivity index (χ1n) is 7.27. The number of allylic oxidation sites excluding steroid dienone is 2. The van der Waals surface area contributed by atoms with Crippen LogP contribution < -0.4 is 0 Å². The molecule has 1 saturated carbocycles. The molecule has 19 heavy (non-hydrogen) atoms. The highest BCUT2D eigenvalue weighted by atomic mass is 16.1. The number of ketones is 1. The van der Waals surface area contributed by atoms with Crippen molar-refractivity contribution in [2.45, 2.75) is 33.6 Å². The number of carbonyl (C=O) groups excluding carboxylic acids is 1. The summed E-state index contributed by atoms with van der Waals surface area (Å²) in [4.78, 5) is 12.6. The van der Waals surface area contributed by atoms with Crippen LogP contribution in [0.5, 0.6) is 0 Å². The molecule has 2 aliphatic carbocycles. The first kappa shape index (κ1) is 12.7. The second-order valence-electron chi connectivity index (χ2n) is 7.03. The fourth-order valence-electron chi connectivity index (χ4n) is 3.85. The van der Waals surface area contributed by atoms with Crippen molar-refractivity contribution in [2.75, 3.05) is 0 Å². The number of rotatable bonds is 1. The second kappa shape index (κ2) is 4.33. The molecule has 1 heteroatoms. The Labute approximate surface area is 115 Å². The molecular formula is C18H22O. The molecule has 0 unspecified atom stereocenters. The molecule has 1 nitrogen and oxygen atoms in total. The van der Waals surface area contributed by atoms with E-state index >= 15 is 0 Å². The Kier molecular flexibility index (Phi) is 2.88. The smallest absolute Gasteiger partial charge is 0.144 e. The minimum atomic E-state index is 0.144. The SMILES string of the molecule is CC(C)(C)[C@@H]1C[C@H]2C(=O)[C@@H]1CC=C2c1ccccc1. The molecule has 0 radical (unpaired) electrons. The van der Waals surface area contributed by atoms with Crippen LogP contribution in [-0.4, -0.2) is 5.78 Å². The number of carbonyl (C=O) groups is 1. The van der Waals surface area contributed by atoms with Crippen molar-refractivity contribution in [2.24, 2.45) is 23.2 Å². The van der Waals surface area contributed by atoms with E-state index in [9.17, 15) is 4.79 Å². The van der Waals surface area contributed by atoms with Gasteiger partial charge in [0.15, 0.2) is 0 Å². The predicted molar refractivity (Wildman–Crippen MR) is 78.6 cm³/mol. The third-order valence-corrected chi connectivity index (χ3v) is 4.87. The van der Waals surface area contributed by atoms with Gasteiger partial charge in [-0.05, 0) is 35.3 Å². The van der Waals surface area contributed by atoms with Crippen molar-refractivity contribution in [3.8, 4) is 0 Å². The molecule has 1 aromatic carbocycles. The van der Waals surface area contributed by atoms with Crippen molar-refractivity contribution in [1.29, 1.82) is 0 Å². The van der Waals surface area contributed by atoms with Gasteiger partial charge >= 0.3 is 0 Å². The predicted octanol–water partition coefficient (Wildman–Crippen LogP) is 4.34. The van der Waals surface area contributed by atoms with E-state index < -0.39 is 0 Å². The Balaban J connectivity index is 1.94. The largest absolute Gasteiger partial charge is 0.299 e. The highest BCUT2D eigenvalue weighted by Gasteiger charge is 2.49. The van der Waals surface area contributed by atoms with Crippen LogP contribution in [0.25, 0.3) is 5.57 Å². The van der Waals surface area contributed by atoms with Gasteiger partial charge in [0.05, 0.1) is 0 Å². The fourth-order valence-corrected chi connectivity index (χ4v) is 3.85. The van der Waals surface area contributed by atoms with E-state index in [0.29, 0.717) is 11.7 Å². The molecule has 0 amide bonds. The van der Waals surface area contributed by atoms with Gasteiger partial charge in [-0.1, -0.05) is 57.2 Å². The van der Waals surface area contributed by atoms with Gasteiger partial charge in [-0.25, -0.2) is 0 Å². The van der Waals surface area contributed by atoms with Gasteiger partial charge in [0.1, 0.15) is 5.78 Å². The summed E-state index contributed by atoms with van der Waals surface area (Å²) in [5.74, 6) is 1.42. The van der Waals surface area contributed by atoms with Crippen LogP contribution in [-0.2, 0) is 4.79 Å². The van der Waals surface area contributed by atoms with E-state index in [1.807, 2.05) is 6.07 Å². The van der Waals surface area contributed by atoms with E-state index in [0.717, 1.165) is 12.8 Å². The van der Waals surface area contributed by atoms with Crippen molar-refractivity contribution < 1.29 is 4.79 Å². The lowest BCUT2D eigenvalue weighted by Crippen LogP contribution is -2.27. The molecule has 0 N–H and O–H groups in total. The fraction of sp³-hybridized carbons (Fsp3) is 0.500. The van der Waals surface area contributed by atoms with Crippen LogP contribution >= 0.6 is 0 Å². The molecule has 3 atom stereocenters. The minimum absolute atomic E-state index is 0.144. The summed E-state index contributed by atoms with van der Waals surface area (Å²) in [5.41, 5.74) is 2.73. The highest BCUT2D eigenvalue weighted by molar-refractivity contribution is 5.98. The van der Waals surface area contributed by atoms with Gasteiger partial charge in [0, 0.05) is 11.8 Å². The maximum absolute atomic E-state index is 12.6. The summed E-state index contributed by atoms with van der Waals surface area (Å²) in [6, 6.07) is 10.4. The number of Topliss-reactive ketones (excluding diaryl/α,β-unsaturated/α-hetero) is 1. The Morgan fingerprint density at radius 2 is 1.79 bits per heavy atom. The maximum Gasteiger partial charge on any atom is 0.144 e. The minimum Gasteiger partial charge on any atom is -0.299 e. The molecule has 3 rings (SSSR count). The molecule has 100 valence electrons. The number of hydrogen-bond donors (Lipinski definition) is 0. The number of benzene rings is 1. The van der Waals surface area contributed by atoms with Crippen molar-refractivity contribution in [3.05, 3.63) is 42.0 Å². The average Bonchev–Trinajstić information content (AvgIpc) is 2.60. The van der Waals surface area contributed by atoms with Crippen LogP contribution in [0.3, 0.4) is 0 Å². The second-order valence-corrected chi connectivity index (χ2v) is 7.03. The molecule has 1 fully saturated rings. The monoisotopic (exact) mass is 254 g/mol. The molecular weight excluding hydrogens is 232 g/mol. The van der Waals surface area contributed by atoms with Gasteiger partial charge < -0.3 is 0 Å².